The summed E-state index contributed by atoms with van der Waals surface area (Å²) in [6.07, 6.45) is 1.42. The summed E-state index contributed by atoms with van der Waals surface area (Å²) in [6, 6.07) is 18.8. The van der Waals surface area contributed by atoms with Gasteiger partial charge in [-0.25, -0.2) is 10.2 Å². The topological polar surface area (TPSA) is 67.8 Å². The van der Waals surface area contributed by atoms with Crippen LogP contribution in [0.4, 0.5) is 0 Å². The number of hydrazone groups is 1. The summed E-state index contributed by atoms with van der Waals surface area (Å²) in [5, 5.41) is 4.51. The van der Waals surface area contributed by atoms with Gasteiger partial charge in [0.2, 0.25) is 0 Å². The number of esters is 1. The van der Waals surface area contributed by atoms with Gasteiger partial charge in [0, 0.05) is 20.6 Å². The molecular weight excluding hydrogens is 456 g/mol. The first kappa shape index (κ1) is 20.8. The second kappa shape index (κ2) is 9.49. The summed E-state index contributed by atoms with van der Waals surface area (Å²) < 4.78 is 6.32. The van der Waals surface area contributed by atoms with Crippen LogP contribution in [0.2, 0.25) is 5.02 Å². The molecule has 0 unspecified atom stereocenters. The second-order valence-electron chi connectivity index (χ2n) is 6.09. The molecule has 0 heterocycles. The van der Waals surface area contributed by atoms with Crippen LogP contribution in [0, 0.1) is 6.92 Å². The van der Waals surface area contributed by atoms with Gasteiger partial charge in [0.15, 0.2) is 0 Å². The number of aryl methyl sites for hydroxylation is 1. The Hall–Kier alpha value is -2.96. The van der Waals surface area contributed by atoms with Crippen molar-refractivity contribution in [2.75, 3.05) is 0 Å². The predicted octanol–water partition coefficient (Wildman–Crippen LogP) is 5.39. The summed E-state index contributed by atoms with van der Waals surface area (Å²) in [5.74, 6) is -0.525. The molecule has 3 rings (SSSR count). The zero-order chi connectivity index (χ0) is 20.8. The van der Waals surface area contributed by atoms with Gasteiger partial charge in [-0.05, 0) is 61.0 Å². The van der Waals surface area contributed by atoms with Gasteiger partial charge in [0.1, 0.15) is 5.75 Å². The highest BCUT2D eigenvalue weighted by atomic mass is 79.9. The maximum atomic E-state index is 12.5. The molecule has 0 atom stereocenters. The maximum absolute atomic E-state index is 12.5. The van der Waals surface area contributed by atoms with Gasteiger partial charge in [0.05, 0.1) is 11.8 Å². The van der Waals surface area contributed by atoms with Gasteiger partial charge < -0.3 is 4.74 Å². The maximum Gasteiger partial charge on any atom is 0.343 e. The Labute approximate surface area is 181 Å². The highest BCUT2D eigenvalue weighted by Gasteiger charge is 2.13. The highest BCUT2D eigenvalue weighted by Crippen LogP contribution is 2.23. The Morgan fingerprint density at radius 3 is 2.52 bits per heavy atom. The SMILES string of the molecule is Cc1ccccc1C(=O)Oc1ccc(Br)cc1/C=N/NC(=O)c1ccc(Cl)cc1. The summed E-state index contributed by atoms with van der Waals surface area (Å²) in [7, 11) is 0. The lowest BCUT2D eigenvalue weighted by Gasteiger charge is -2.09. The molecule has 0 saturated carbocycles. The molecule has 0 aliphatic heterocycles. The molecule has 3 aromatic rings. The molecule has 0 saturated heterocycles. The smallest absolute Gasteiger partial charge is 0.343 e. The van der Waals surface area contributed by atoms with Crippen molar-refractivity contribution in [3.05, 3.63) is 98.5 Å². The number of amides is 1. The molecule has 7 heteroatoms. The third kappa shape index (κ3) is 5.53. The lowest BCUT2D eigenvalue weighted by molar-refractivity contribution is 0.0733. The van der Waals surface area contributed by atoms with E-state index in [2.05, 4.69) is 26.5 Å². The lowest BCUT2D eigenvalue weighted by Crippen LogP contribution is -2.17. The lowest BCUT2D eigenvalue weighted by atomic mass is 10.1. The van der Waals surface area contributed by atoms with E-state index in [0.717, 1.165) is 10.0 Å². The van der Waals surface area contributed by atoms with Gasteiger partial charge in [-0.1, -0.05) is 45.7 Å². The molecule has 29 heavy (non-hydrogen) atoms. The normalized spacial score (nSPS) is 10.7. The van der Waals surface area contributed by atoms with Crippen molar-refractivity contribution >= 4 is 45.6 Å². The van der Waals surface area contributed by atoms with Gasteiger partial charge >= 0.3 is 5.97 Å². The minimum Gasteiger partial charge on any atom is -0.422 e. The van der Waals surface area contributed by atoms with Crippen LogP contribution in [0.5, 0.6) is 5.75 Å². The van der Waals surface area contributed by atoms with Crippen LogP contribution in [0.25, 0.3) is 0 Å². The van der Waals surface area contributed by atoms with E-state index in [0.29, 0.717) is 27.5 Å². The number of benzene rings is 3. The molecule has 1 amide bonds. The van der Waals surface area contributed by atoms with Crippen molar-refractivity contribution in [3.8, 4) is 5.75 Å². The monoisotopic (exact) mass is 470 g/mol. The first-order valence-corrected chi connectivity index (χ1v) is 9.77. The summed E-state index contributed by atoms with van der Waals surface area (Å²) in [5.41, 5.74) is 4.69. The first-order valence-electron chi connectivity index (χ1n) is 8.60. The Kier molecular flexibility index (Phi) is 6.80. The summed E-state index contributed by atoms with van der Waals surface area (Å²) >= 11 is 9.20. The van der Waals surface area contributed by atoms with E-state index in [1.165, 1.54) is 6.21 Å². The standard InChI is InChI=1S/C22H16BrClN2O3/c1-14-4-2-3-5-19(14)22(28)29-20-11-8-17(23)12-16(20)13-25-26-21(27)15-6-9-18(24)10-7-15/h2-13H,1H3,(H,26,27)/b25-13+. The van der Waals surface area contributed by atoms with Crippen LogP contribution in [0.3, 0.4) is 0 Å². The molecule has 146 valence electrons. The molecule has 0 aliphatic carbocycles. The Bertz CT molecular complexity index is 1080. The number of hydrogen-bond donors (Lipinski definition) is 1. The van der Waals surface area contributed by atoms with Crippen LogP contribution >= 0.6 is 27.5 Å². The van der Waals surface area contributed by atoms with E-state index in [1.54, 1.807) is 54.6 Å². The minimum atomic E-state index is -0.467. The highest BCUT2D eigenvalue weighted by molar-refractivity contribution is 9.10. The molecule has 0 aromatic heterocycles. The fraction of sp³-hybridized carbons (Fsp3) is 0.0455. The van der Waals surface area contributed by atoms with E-state index in [4.69, 9.17) is 16.3 Å². The number of nitrogens with zero attached hydrogens (tertiary/aromatic N) is 1. The average molecular weight is 472 g/mol. The van der Waals surface area contributed by atoms with Crippen LogP contribution in [-0.2, 0) is 0 Å². The molecule has 0 fully saturated rings. The Morgan fingerprint density at radius 2 is 1.79 bits per heavy atom. The first-order chi connectivity index (χ1) is 13.9. The molecule has 0 aliphatic rings. The zero-order valence-electron chi connectivity index (χ0n) is 15.4. The van der Waals surface area contributed by atoms with Gasteiger partial charge in [-0.2, -0.15) is 5.10 Å². The number of carbonyl (C=O) groups excluding carboxylic acids is 2. The van der Waals surface area contributed by atoms with Crippen molar-refractivity contribution in [3.63, 3.8) is 0 Å². The third-order valence-electron chi connectivity index (χ3n) is 4.02. The van der Waals surface area contributed by atoms with E-state index >= 15 is 0 Å². The molecule has 0 spiro atoms. The van der Waals surface area contributed by atoms with Crippen LogP contribution in [0.15, 0.2) is 76.3 Å². The zero-order valence-corrected chi connectivity index (χ0v) is 17.7. The quantitative estimate of drug-likeness (QED) is 0.235. The van der Waals surface area contributed by atoms with Gasteiger partial charge in [-0.15, -0.1) is 0 Å². The van der Waals surface area contributed by atoms with Gasteiger partial charge in [-0.3, -0.25) is 4.79 Å². The van der Waals surface area contributed by atoms with Crippen molar-refractivity contribution in [2.24, 2.45) is 5.10 Å². The van der Waals surface area contributed by atoms with Crippen molar-refractivity contribution in [1.29, 1.82) is 0 Å². The molecular formula is C22H16BrClN2O3. The van der Waals surface area contributed by atoms with Crippen molar-refractivity contribution in [2.45, 2.75) is 6.92 Å². The number of halogens is 2. The van der Waals surface area contributed by atoms with E-state index in [-0.39, 0.29) is 5.91 Å². The fourth-order valence-electron chi connectivity index (χ4n) is 2.50. The Balaban J connectivity index is 1.75. The number of nitrogens with one attached hydrogen (secondary N) is 1. The predicted molar refractivity (Wildman–Crippen MR) is 117 cm³/mol. The van der Waals surface area contributed by atoms with E-state index in [1.807, 2.05) is 19.1 Å². The molecule has 1 N–H and O–H groups in total. The van der Waals surface area contributed by atoms with E-state index in [9.17, 15) is 9.59 Å². The minimum absolute atomic E-state index is 0.325. The third-order valence-corrected chi connectivity index (χ3v) is 4.76. The van der Waals surface area contributed by atoms with Crippen molar-refractivity contribution < 1.29 is 14.3 Å². The van der Waals surface area contributed by atoms with Crippen LogP contribution in [-0.4, -0.2) is 18.1 Å². The second-order valence-corrected chi connectivity index (χ2v) is 7.44. The van der Waals surface area contributed by atoms with Crippen molar-refractivity contribution in [1.82, 2.24) is 5.43 Å². The molecule has 0 bridgehead atoms. The Morgan fingerprint density at radius 1 is 1.07 bits per heavy atom. The summed E-state index contributed by atoms with van der Waals surface area (Å²) in [4.78, 5) is 24.6. The molecule has 5 nitrogen and oxygen atoms in total. The number of hydrogen-bond acceptors (Lipinski definition) is 4. The van der Waals surface area contributed by atoms with Crippen LogP contribution in [0.1, 0.15) is 31.8 Å². The van der Waals surface area contributed by atoms with Gasteiger partial charge in [0.25, 0.3) is 5.91 Å². The van der Waals surface area contributed by atoms with E-state index < -0.39 is 5.97 Å². The number of carbonyl (C=O) groups is 2. The largest absolute Gasteiger partial charge is 0.422 e. The summed E-state index contributed by atoms with van der Waals surface area (Å²) in [6.45, 7) is 1.84. The average Bonchev–Trinajstić information content (AvgIpc) is 2.70. The molecule has 3 aromatic carbocycles. The number of rotatable bonds is 5. The fourth-order valence-corrected chi connectivity index (χ4v) is 3.00. The molecule has 0 radical (unpaired) electrons. The van der Waals surface area contributed by atoms with Crippen LogP contribution < -0.4 is 10.2 Å². The number of ether oxygens (including phenoxy) is 1.